The number of rotatable bonds is 1. The molecule has 0 saturated carbocycles. The Morgan fingerprint density at radius 3 is 2.29 bits per heavy atom. The molecule has 0 unspecified atom stereocenters. The molecule has 2 amide bonds. The molecular weight excluding hydrogens is 344 g/mol. The first kappa shape index (κ1) is 17.6. The number of carbonyl (C=O) groups excluding carboxylic acids is 2. The van der Waals surface area contributed by atoms with Gasteiger partial charge in [-0.25, -0.2) is 0 Å². The van der Waals surface area contributed by atoms with E-state index >= 15 is 0 Å². The van der Waals surface area contributed by atoms with Gasteiger partial charge in [-0.3, -0.25) is 14.5 Å². The van der Waals surface area contributed by atoms with Crippen molar-refractivity contribution in [2.75, 3.05) is 23.7 Å². The fourth-order valence-electron chi connectivity index (χ4n) is 3.42. The van der Waals surface area contributed by atoms with Crippen LogP contribution in [0, 0.1) is 5.41 Å². The summed E-state index contributed by atoms with van der Waals surface area (Å²) in [6.07, 6.45) is 1.60. The fraction of sp³-hybridized carbons (Fsp3) is 0.556. The molecule has 2 heterocycles. The van der Waals surface area contributed by atoms with Gasteiger partial charge in [0.2, 0.25) is 11.8 Å². The van der Waals surface area contributed by atoms with Crippen LogP contribution < -0.4 is 4.90 Å². The van der Waals surface area contributed by atoms with Crippen LogP contribution in [0.1, 0.15) is 33.6 Å². The maximum atomic E-state index is 12.5. The first-order valence-corrected chi connectivity index (χ1v) is 9.61. The highest BCUT2D eigenvalue weighted by atomic mass is 35.5. The minimum Gasteiger partial charge on any atom is -0.342 e. The maximum Gasteiger partial charge on any atom is 0.238 e. The Labute approximate surface area is 152 Å². The van der Waals surface area contributed by atoms with Gasteiger partial charge in [0, 0.05) is 29.2 Å². The lowest BCUT2D eigenvalue weighted by Crippen LogP contribution is -2.54. The number of hydrogen-bond donors (Lipinski definition) is 0. The zero-order valence-electron chi connectivity index (χ0n) is 14.3. The summed E-state index contributed by atoms with van der Waals surface area (Å²) in [4.78, 5) is 28.6. The van der Waals surface area contributed by atoms with Crippen molar-refractivity contribution in [1.82, 2.24) is 4.90 Å². The summed E-state index contributed by atoms with van der Waals surface area (Å²) in [6.45, 7) is 7.25. The van der Waals surface area contributed by atoms with E-state index in [4.69, 9.17) is 11.6 Å². The van der Waals surface area contributed by atoms with Crippen molar-refractivity contribution >= 4 is 40.9 Å². The molecule has 24 heavy (non-hydrogen) atoms. The molecule has 6 heteroatoms. The number of hydrogen-bond acceptors (Lipinski definition) is 3. The SMILES string of the molecule is CC(C)(C)C(=O)N1CCC2(CC1)SCC(=O)N2c1ccc(Cl)cc1. The number of amides is 2. The lowest BCUT2D eigenvalue weighted by molar-refractivity contribution is -0.140. The van der Waals surface area contributed by atoms with E-state index in [9.17, 15) is 9.59 Å². The van der Waals surface area contributed by atoms with Crippen molar-refractivity contribution in [1.29, 1.82) is 0 Å². The van der Waals surface area contributed by atoms with Gasteiger partial charge in [-0.2, -0.15) is 0 Å². The third kappa shape index (κ3) is 3.16. The molecule has 1 aromatic carbocycles. The van der Waals surface area contributed by atoms with Crippen LogP contribution in [0.25, 0.3) is 0 Å². The second-order valence-electron chi connectivity index (χ2n) is 7.48. The molecule has 0 aromatic heterocycles. The van der Waals surface area contributed by atoms with E-state index in [-0.39, 0.29) is 22.1 Å². The van der Waals surface area contributed by atoms with Gasteiger partial charge < -0.3 is 4.90 Å². The smallest absolute Gasteiger partial charge is 0.238 e. The third-order valence-electron chi connectivity index (χ3n) is 4.68. The molecule has 130 valence electrons. The van der Waals surface area contributed by atoms with Crippen molar-refractivity contribution in [2.24, 2.45) is 5.41 Å². The molecular formula is C18H23ClN2O2S. The van der Waals surface area contributed by atoms with Crippen LogP contribution in [0.5, 0.6) is 0 Å². The molecule has 4 nitrogen and oxygen atoms in total. The maximum absolute atomic E-state index is 12.5. The van der Waals surface area contributed by atoms with Gasteiger partial charge >= 0.3 is 0 Å². The quantitative estimate of drug-likeness (QED) is 0.759. The predicted octanol–water partition coefficient (Wildman–Crippen LogP) is 3.78. The average molecular weight is 367 g/mol. The zero-order chi connectivity index (χ0) is 17.5. The zero-order valence-corrected chi connectivity index (χ0v) is 15.9. The molecule has 3 rings (SSSR count). The van der Waals surface area contributed by atoms with Gasteiger partial charge in [0.25, 0.3) is 0 Å². The molecule has 0 atom stereocenters. The highest BCUT2D eigenvalue weighted by Gasteiger charge is 2.49. The Hall–Kier alpha value is -1.20. The van der Waals surface area contributed by atoms with Crippen LogP contribution in [-0.2, 0) is 9.59 Å². The summed E-state index contributed by atoms with van der Waals surface area (Å²) in [5.74, 6) is 0.818. The van der Waals surface area contributed by atoms with E-state index in [1.807, 2.05) is 54.8 Å². The van der Waals surface area contributed by atoms with Crippen LogP contribution >= 0.6 is 23.4 Å². The van der Waals surface area contributed by atoms with Crippen LogP contribution in [0.15, 0.2) is 24.3 Å². The monoisotopic (exact) mass is 366 g/mol. The topological polar surface area (TPSA) is 40.6 Å². The van der Waals surface area contributed by atoms with E-state index in [0.717, 1.165) is 18.5 Å². The molecule has 0 aliphatic carbocycles. The largest absolute Gasteiger partial charge is 0.342 e. The first-order chi connectivity index (χ1) is 11.2. The standard InChI is InChI=1S/C18H23ClN2O2S/c1-17(2,3)16(23)20-10-8-18(9-11-20)21(15(22)12-24-18)14-6-4-13(19)5-7-14/h4-7H,8-12H2,1-3H3. The average Bonchev–Trinajstić information content (AvgIpc) is 2.84. The summed E-state index contributed by atoms with van der Waals surface area (Å²) in [6, 6.07) is 7.44. The molecule has 1 spiro atoms. The number of likely N-dealkylation sites (tertiary alicyclic amines) is 1. The van der Waals surface area contributed by atoms with Crippen molar-refractivity contribution < 1.29 is 9.59 Å². The summed E-state index contributed by atoms with van der Waals surface area (Å²) < 4.78 is 0. The minimum atomic E-state index is -0.362. The summed E-state index contributed by atoms with van der Waals surface area (Å²) in [5, 5.41) is 0.665. The molecule has 1 aromatic rings. The lowest BCUT2D eigenvalue weighted by Gasteiger charge is -2.45. The molecule has 2 aliphatic heterocycles. The lowest BCUT2D eigenvalue weighted by atomic mass is 9.92. The van der Waals surface area contributed by atoms with E-state index in [1.54, 1.807) is 11.8 Å². The fourth-order valence-corrected chi connectivity index (χ4v) is 4.88. The molecule has 2 saturated heterocycles. The van der Waals surface area contributed by atoms with Gasteiger partial charge in [0.05, 0.1) is 10.6 Å². The second kappa shape index (κ2) is 6.26. The highest BCUT2D eigenvalue weighted by molar-refractivity contribution is 8.02. The normalized spacial score (nSPS) is 20.8. The van der Waals surface area contributed by atoms with Crippen LogP contribution in [0.2, 0.25) is 5.02 Å². The molecule has 2 fully saturated rings. The number of piperidine rings is 1. The number of carbonyl (C=O) groups is 2. The molecule has 0 radical (unpaired) electrons. The Bertz CT molecular complexity index is 646. The summed E-state index contributed by atoms with van der Waals surface area (Å²) >= 11 is 7.68. The number of benzene rings is 1. The Morgan fingerprint density at radius 1 is 1.17 bits per heavy atom. The number of halogens is 1. The second-order valence-corrected chi connectivity index (χ2v) is 9.26. The van der Waals surface area contributed by atoms with Gasteiger partial charge in [-0.1, -0.05) is 32.4 Å². The third-order valence-corrected chi connectivity index (χ3v) is 6.45. The molecule has 0 bridgehead atoms. The van der Waals surface area contributed by atoms with Crippen molar-refractivity contribution in [3.63, 3.8) is 0 Å². The van der Waals surface area contributed by atoms with E-state index in [1.165, 1.54) is 0 Å². The number of thioether (sulfide) groups is 1. The van der Waals surface area contributed by atoms with E-state index in [2.05, 4.69) is 0 Å². The minimum absolute atomic E-state index is 0.137. The van der Waals surface area contributed by atoms with Crippen LogP contribution in [0.3, 0.4) is 0 Å². The number of anilines is 1. The van der Waals surface area contributed by atoms with E-state index in [0.29, 0.717) is 23.9 Å². The van der Waals surface area contributed by atoms with Crippen molar-refractivity contribution in [3.05, 3.63) is 29.3 Å². The van der Waals surface area contributed by atoms with Gasteiger partial charge in [0.15, 0.2) is 0 Å². The Kier molecular flexibility index (Phi) is 4.60. The van der Waals surface area contributed by atoms with Gasteiger partial charge in [0.1, 0.15) is 0 Å². The van der Waals surface area contributed by atoms with Crippen molar-refractivity contribution in [3.8, 4) is 0 Å². The number of nitrogens with zero attached hydrogens (tertiary/aromatic N) is 2. The summed E-state index contributed by atoms with van der Waals surface area (Å²) in [7, 11) is 0. The first-order valence-electron chi connectivity index (χ1n) is 8.25. The van der Waals surface area contributed by atoms with Gasteiger partial charge in [-0.05, 0) is 37.1 Å². The Morgan fingerprint density at radius 2 is 1.75 bits per heavy atom. The van der Waals surface area contributed by atoms with Crippen molar-refractivity contribution in [2.45, 2.75) is 38.5 Å². The molecule has 0 N–H and O–H groups in total. The highest BCUT2D eigenvalue weighted by Crippen LogP contribution is 2.47. The van der Waals surface area contributed by atoms with Crippen LogP contribution in [0.4, 0.5) is 5.69 Å². The van der Waals surface area contributed by atoms with Gasteiger partial charge in [-0.15, -0.1) is 11.8 Å². The van der Waals surface area contributed by atoms with E-state index < -0.39 is 0 Å². The Balaban J connectivity index is 1.80. The summed E-state index contributed by atoms with van der Waals surface area (Å²) in [5.41, 5.74) is 0.531. The predicted molar refractivity (Wildman–Crippen MR) is 99.4 cm³/mol. The van der Waals surface area contributed by atoms with Crippen LogP contribution in [-0.4, -0.2) is 40.4 Å². The molecule has 2 aliphatic rings.